The van der Waals surface area contributed by atoms with E-state index in [1.54, 1.807) is 32.0 Å². The van der Waals surface area contributed by atoms with Crippen molar-refractivity contribution in [2.24, 2.45) is 0 Å². The van der Waals surface area contributed by atoms with Gasteiger partial charge < -0.3 is 10.2 Å². The monoisotopic (exact) mass is 472 g/mol. The lowest BCUT2D eigenvalue weighted by molar-refractivity contribution is -0.122. The fraction of sp³-hybridized carbons (Fsp3) is 0.158. The van der Waals surface area contributed by atoms with E-state index in [4.69, 9.17) is 21.5 Å². The summed E-state index contributed by atoms with van der Waals surface area (Å²) in [5, 5.41) is 20.7. The topological polar surface area (TPSA) is 109 Å². The molecule has 154 valence electrons. The minimum absolute atomic E-state index is 0.0538. The SMILES string of the molecule is Cc1cc(S(=O)(=O)Cc2cc(-c3ccsc3)sc2C(=O)O)c(C)cc1Cl.O=CO. The number of benzene rings is 1. The number of thiophene rings is 2. The molecular weight excluding hydrogens is 456 g/mol. The van der Waals surface area contributed by atoms with Crippen LogP contribution in [-0.2, 0) is 20.4 Å². The number of rotatable bonds is 5. The molecule has 0 unspecified atom stereocenters. The Morgan fingerprint density at radius 3 is 2.41 bits per heavy atom. The zero-order valence-electron chi connectivity index (χ0n) is 15.4. The number of sulfone groups is 1. The molecule has 1 aromatic carbocycles. The standard InChI is InChI=1S/C18H15ClO4S3.CH2O2/c1-10-6-16(11(2)5-14(10)19)26(22,23)9-13-7-15(12-3-4-24-8-12)25-17(13)18(20)21;2-1-3/h3-8H,9H2,1-2H3,(H,20,21);1H,(H,2,3). The van der Waals surface area contributed by atoms with E-state index in [2.05, 4.69) is 0 Å². The van der Waals surface area contributed by atoms with E-state index < -0.39 is 15.8 Å². The molecule has 0 spiro atoms. The van der Waals surface area contributed by atoms with Crippen LogP contribution in [-0.4, -0.2) is 31.1 Å². The van der Waals surface area contributed by atoms with Crippen molar-refractivity contribution in [2.45, 2.75) is 24.5 Å². The van der Waals surface area contributed by atoms with Gasteiger partial charge in [-0.1, -0.05) is 11.6 Å². The number of hydrogen-bond donors (Lipinski definition) is 2. The Bertz CT molecular complexity index is 1130. The number of aryl methyl sites for hydroxylation is 2. The smallest absolute Gasteiger partial charge is 0.346 e. The van der Waals surface area contributed by atoms with E-state index in [-0.39, 0.29) is 22.0 Å². The minimum Gasteiger partial charge on any atom is -0.483 e. The van der Waals surface area contributed by atoms with E-state index in [9.17, 15) is 18.3 Å². The largest absolute Gasteiger partial charge is 0.483 e. The summed E-state index contributed by atoms with van der Waals surface area (Å²) in [5.41, 5.74) is 2.41. The molecule has 10 heteroatoms. The van der Waals surface area contributed by atoms with Crippen LogP contribution in [0.5, 0.6) is 0 Å². The molecule has 0 saturated carbocycles. The third kappa shape index (κ3) is 5.45. The van der Waals surface area contributed by atoms with Gasteiger partial charge in [0.05, 0.1) is 10.6 Å². The minimum atomic E-state index is -3.71. The highest BCUT2D eigenvalue weighted by Gasteiger charge is 2.25. The Hall–Kier alpha value is -2.20. The second-order valence-corrected chi connectivity index (χ2v) is 10.2. The van der Waals surface area contributed by atoms with Crippen LogP contribution < -0.4 is 0 Å². The van der Waals surface area contributed by atoms with Crippen molar-refractivity contribution < 1.29 is 28.2 Å². The third-order valence-electron chi connectivity index (χ3n) is 3.95. The molecule has 2 N–H and O–H groups in total. The third-order valence-corrected chi connectivity index (χ3v) is 8.05. The molecule has 3 rings (SSSR count). The van der Waals surface area contributed by atoms with Crippen LogP contribution in [0.3, 0.4) is 0 Å². The zero-order chi connectivity index (χ0) is 21.8. The molecule has 0 atom stereocenters. The Kier molecular flexibility index (Phi) is 7.59. The lowest BCUT2D eigenvalue weighted by Gasteiger charge is -2.10. The van der Waals surface area contributed by atoms with Crippen molar-refractivity contribution in [2.75, 3.05) is 0 Å². The highest BCUT2D eigenvalue weighted by atomic mass is 35.5. The van der Waals surface area contributed by atoms with Gasteiger partial charge in [-0.05, 0) is 65.6 Å². The lowest BCUT2D eigenvalue weighted by Crippen LogP contribution is -2.09. The number of carbonyl (C=O) groups is 2. The van der Waals surface area contributed by atoms with Gasteiger partial charge in [0.15, 0.2) is 9.84 Å². The predicted octanol–water partition coefficient (Wildman–Crippen LogP) is 5.12. The quantitative estimate of drug-likeness (QED) is 0.499. The van der Waals surface area contributed by atoms with Crippen LogP contribution in [0, 0.1) is 13.8 Å². The molecule has 0 fully saturated rings. The van der Waals surface area contributed by atoms with Gasteiger partial charge in [-0.3, -0.25) is 4.79 Å². The van der Waals surface area contributed by atoms with Crippen molar-refractivity contribution >= 4 is 56.6 Å². The van der Waals surface area contributed by atoms with Crippen LogP contribution in [0.1, 0.15) is 26.4 Å². The molecule has 2 heterocycles. The van der Waals surface area contributed by atoms with Crippen LogP contribution in [0.2, 0.25) is 5.02 Å². The number of hydrogen-bond acceptors (Lipinski definition) is 6. The Morgan fingerprint density at radius 2 is 1.86 bits per heavy atom. The van der Waals surface area contributed by atoms with Crippen molar-refractivity contribution in [1.82, 2.24) is 0 Å². The molecule has 6 nitrogen and oxygen atoms in total. The van der Waals surface area contributed by atoms with E-state index in [1.165, 1.54) is 11.3 Å². The van der Waals surface area contributed by atoms with Crippen molar-refractivity contribution in [3.8, 4) is 10.4 Å². The van der Waals surface area contributed by atoms with Gasteiger partial charge in [0.1, 0.15) is 4.88 Å². The Balaban J connectivity index is 0.000000941. The van der Waals surface area contributed by atoms with Gasteiger partial charge in [-0.2, -0.15) is 11.3 Å². The summed E-state index contributed by atoms with van der Waals surface area (Å²) in [4.78, 5) is 20.9. The summed E-state index contributed by atoms with van der Waals surface area (Å²) in [7, 11) is -3.71. The van der Waals surface area contributed by atoms with Crippen LogP contribution in [0.15, 0.2) is 39.9 Å². The second-order valence-electron chi connectivity index (χ2n) is 6.01. The van der Waals surface area contributed by atoms with E-state index in [1.807, 2.05) is 16.8 Å². The van der Waals surface area contributed by atoms with Gasteiger partial charge in [-0.25, -0.2) is 13.2 Å². The molecule has 0 aliphatic carbocycles. The first-order valence-corrected chi connectivity index (χ1v) is 11.9. The van der Waals surface area contributed by atoms with E-state index in [0.717, 1.165) is 21.8 Å². The Morgan fingerprint density at radius 1 is 1.21 bits per heavy atom. The molecule has 0 aliphatic heterocycles. The summed E-state index contributed by atoms with van der Waals surface area (Å²) in [6, 6.07) is 6.70. The first-order valence-electron chi connectivity index (χ1n) is 8.06. The average Bonchev–Trinajstić information content (AvgIpc) is 3.27. The summed E-state index contributed by atoms with van der Waals surface area (Å²) < 4.78 is 25.9. The summed E-state index contributed by atoms with van der Waals surface area (Å²) in [5.74, 6) is -1.48. The lowest BCUT2D eigenvalue weighted by atomic mass is 10.2. The number of carboxylic acid groups (broad SMARTS) is 2. The number of aromatic carboxylic acids is 1. The molecule has 0 radical (unpaired) electrons. The zero-order valence-corrected chi connectivity index (χ0v) is 18.6. The normalized spacial score (nSPS) is 10.9. The number of carboxylic acids is 1. The molecule has 0 bridgehead atoms. The number of halogens is 1. The molecule has 2 aromatic heterocycles. The maximum absolute atomic E-state index is 12.9. The molecule has 0 aliphatic rings. The highest BCUT2D eigenvalue weighted by molar-refractivity contribution is 7.90. The molecule has 0 amide bonds. The van der Waals surface area contributed by atoms with Crippen LogP contribution in [0.4, 0.5) is 0 Å². The maximum Gasteiger partial charge on any atom is 0.346 e. The fourth-order valence-electron chi connectivity index (χ4n) is 2.64. The van der Waals surface area contributed by atoms with Gasteiger partial charge >= 0.3 is 5.97 Å². The molecule has 3 aromatic rings. The average molecular weight is 473 g/mol. The van der Waals surface area contributed by atoms with Gasteiger partial charge in [0, 0.05) is 15.5 Å². The van der Waals surface area contributed by atoms with E-state index in [0.29, 0.717) is 21.7 Å². The maximum atomic E-state index is 12.9. The van der Waals surface area contributed by atoms with Gasteiger partial charge in [0.25, 0.3) is 6.47 Å². The molecule has 0 saturated heterocycles. The fourth-order valence-corrected chi connectivity index (χ4v) is 6.39. The molecule has 29 heavy (non-hydrogen) atoms. The first-order chi connectivity index (χ1) is 13.6. The van der Waals surface area contributed by atoms with Crippen molar-refractivity contribution in [1.29, 1.82) is 0 Å². The Labute approximate surface area is 180 Å². The second kappa shape index (κ2) is 9.53. The van der Waals surface area contributed by atoms with Gasteiger partial charge in [-0.15, -0.1) is 11.3 Å². The summed E-state index contributed by atoms with van der Waals surface area (Å²) >= 11 is 8.65. The predicted molar refractivity (Wildman–Crippen MR) is 115 cm³/mol. The van der Waals surface area contributed by atoms with Crippen molar-refractivity contribution in [3.63, 3.8) is 0 Å². The summed E-state index contributed by atoms with van der Waals surface area (Å²) in [6.45, 7) is 3.17. The molecular formula is C19H17ClO6S3. The van der Waals surface area contributed by atoms with Gasteiger partial charge in [0.2, 0.25) is 0 Å². The van der Waals surface area contributed by atoms with Crippen molar-refractivity contribution in [3.05, 3.63) is 61.6 Å². The van der Waals surface area contributed by atoms with Crippen LogP contribution >= 0.6 is 34.3 Å². The summed E-state index contributed by atoms with van der Waals surface area (Å²) in [6.07, 6.45) is 0. The highest BCUT2D eigenvalue weighted by Crippen LogP contribution is 2.35. The van der Waals surface area contributed by atoms with Crippen LogP contribution in [0.25, 0.3) is 10.4 Å². The van der Waals surface area contributed by atoms with E-state index >= 15 is 0 Å². The first kappa shape index (κ1) is 23.1.